The summed E-state index contributed by atoms with van der Waals surface area (Å²) in [5.41, 5.74) is 1.95. The lowest BCUT2D eigenvalue weighted by atomic mass is 10.2. The maximum Gasteiger partial charge on any atom is 0.335 e. The zero-order chi connectivity index (χ0) is 11.4. The molecule has 0 saturated heterocycles. The first-order valence-electron chi connectivity index (χ1n) is 4.59. The smallest absolute Gasteiger partial charge is 0.335 e. The summed E-state index contributed by atoms with van der Waals surface area (Å²) in [5.74, 6) is -0.406. The van der Waals surface area contributed by atoms with E-state index in [2.05, 4.69) is 4.98 Å². The van der Waals surface area contributed by atoms with Crippen molar-refractivity contribution in [2.24, 2.45) is 0 Å². The summed E-state index contributed by atoms with van der Waals surface area (Å²) in [4.78, 5) is 15.6. The van der Waals surface area contributed by atoms with Crippen molar-refractivity contribution in [1.29, 1.82) is 0 Å². The molecule has 82 valence electrons. The minimum Gasteiger partial charge on any atom is -0.488 e. The van der Waals surface area contributed by atoms with E-state index in [4.69, 9.17) is 9.84 Å². The number of hydrogen-bond acceptors (Lipinski definition) is 4. The lowest BCUT2D eigenvalue weighted by Gasteiger charge is -2.04. The number of rotatable bonds is 4. The molecule has 0 aliphatic rings. The first-order valence-corrected chi connectivity index (χ1v) is 5.47. The van der Waals surface area contributed by atoms with E-state index in [1.54, 1.807) is 23.8 Å². The summed E-state index contributed by atoms with van der Waals surface area (Å²) < 4.78 is 5.45. The molecule has 1 heterocycles. The Hall–Kier alpha value is -1.88. The monoisotopic (exact) mass is 235 g/mol. The molecule has 1 aromatic heterocycles. The Bertz CT molecular complexity index is 482. The number of carboxylic acids is 1. The van der Waals surface area contributed by atoms with Crippen LogP contribution in [0.4, 0.5) is 0 Å². The molecule has 0 atom stereocenters. The molecule has 0 amide bonds. The summed E-state index contributed by atoms with van der Waals surface area (Å²) in [5, 5.41) is 8.80. The molecule has 5 heteroatoms. The number of aromatic nitrogens is 1. The van der Waals surface area contributed by atoms with Gasteiger partial charge >= 0.3 is 5.97 Å². The molecule has 0 aliphatic heterocycles. The highest BCUT2D eigenvalue weighted by molar-refractivity contribution is 7.09. The van der Waals surface area contributed by atoms with Crippen molar-refractivity contribution in [3.05, 3.63) is 46.4 Å². The van der Waals surface area contributed by atoms with Crippen LogP contribution in [0, 0.1) is 0 Å². The van der Waals surface area contributed by atoms with Crippen LogP contribution in [-0.2, 0) is 6.61 Å². The van der Waals surface area contributed by atoms with Gasteiger partial charge in [0.05, 0.1) is 16.0 Å². The molecular formula is C11H9NO3S. The number of carboxylic acid groups (broad SMARTS) is 1. The van der Waals surface area contributed by atoms with E-state index >= 15 is 0 Å². The third-order valence-electron chi connectivity index (χ3n) is 1.95. The van der Waals surface area contributed by atoms with Crippen molar-refractivity contribution < 1.29 is 14.6 Å². The number of benzene rings is 1. The van der Waals surface area contributed by atoms with E-state index in [0.717, 1.165) is 4.88 Å². The van der Waals surface area contributed by atoms with Gasteiger partial charge in [-0.3, -0.25) is 4.98 Å². The van der Waals surface area contributed by atoms with E-state index in [0.29, 0.717) is 12.4 Å². The summed E-state index contributed by atoms with van der Waals surface area (Å²) in [7, 11) is 0. The molecule has 0 saturated carbocycles. The van der Waals surface area contributed by atoms with Crippen LogP contribution in [0.25, 0.3) is 0 Å². The van der Waals surface area contributed by atoms with Gasteiger partial charge in [0.25, 0.3) is 0 Å². The zero-order valence-corrected chi connectivity index (χ0v) is 9.11. The number of aromatic carboxylic acids is 1. The fourth-order valence-corrected chi connectivity index (χ4v) is 1.69. The van der Waals surface area contributed by atoms with Crippen LogP contribution in [0.5, 0.6) is 5.75 Å². The molecule has 2 rings (SSSR count). The van der Waals surface area contributed by atoms with Crippen LogP contribution in [0.15, 0.2) is 36.0 Å². The van der Waals surface area contributed by atoms with E-state index < -0.39 is 5.97 Å². The molecule has 0 unspecified atom stereocenters. The van der Waals surface area contributed by atoms with Gasteiger partial charge in [0.2, 0.25) is 0 Å². The SMILES string of the molecule is O=C(O)c1cccc(OCc2cncs2)c1. The topological polar surface area (TPSA) is 59.4 Å². The Morgan fingerprint density at radius 1 is 1.50 bits per heavy atom. The van der Waals surface area contributed by atoms with Crippen LogP contribution >= 0.6 is 11.3 Å². The number of thiazole rings is 1. The van der Waals surface area contributed by atoms with E-state index in [-0.39, 0.29) is 5.56 Å². The third kappa shape index (κ3) is 2.58. The molecule has 0 aliphatic carbocycles. The number of nitrogens with zero attached hydrogens (tertiary/aromatic N) is 1. The zero-order valence-electron chi connectivity index (χ0n) is 8.29. The second-order valence-electron chi connectivity index (χ2n) is 3.09. The maximum atomic E-state index is 10.7. The lowest BCUT2D eigenvalue weighted by Crippen LogP contribution is -1.98. The minimum absolute atomic E-state index is 0.224. The average Bonchev–Trinajstić information content (AvgIpc) is 2.79. The van der Waals surface area contributed by atoms with E-state index in [1.165, 1.54) is 23.5 Å². The van der Waals surface area contributed by atoms with Crippen LogP contribution in [-0.4, -0.2) is 16.1 Å². The molecule has 2 aromatic rings. The van der Waals surface area contributed by atoms with Crippen LogP contribution in [0.3, 0.4) is 0 Å². The molecular weight excluding hydrogens is 226 g/mol. The average molecular weight is 235 g/mol. The van der Waals surface area contributed by atoms with Gasteiger partial charge in [-0.1, -0.05) is 6.07 Å². The molecule has 4 nitrogen and oxygen atoms in total. The predicted molar refractivity (Wildman–Crippen MR) is 59.8 cm³/mol. The van der Waals surface area contributed by atoms with Gasteiger partial charge in [-0.15, -0.1) is 11.3 Å². The fraction of sp³-hybridized carbons (Fsp3) is 0.0909. The number of ether oxygens (including phenoxy) is 1. The number of carbonyl (C=O) groups is 1. The van der Waals surface area contributed by atoms with Crippen molar-refractivity contribution >= 4 is 17.3 Å². The molecule has 16 heavy (non-hydrogen) atoms. The van der Waals surface area contributed by atoms with Crippen LogP contribution < -0.4 is 4.74 Å². The Morgan fingerprint density at radius 2 is 2.38 bits per heavy atom. The second-order valence-corrected chi connectivity index (χ2v) is 4.06. The summed E-state index contributed by atoms with van der Waals surface area (Å²) >= 11 is 1.50. The highest BCUT2D eigenvalue weighted by Gasteiger charge is 2.04. The largest absolute Gasteiger partial charge is 0.488 e. The normalized spacial score (nSPS) is 10.0. The highest BCUT2D eigenvalue weighted by Crippen LogP contribution is 2.16. The summed E-state index contributed by atoms with van der Waals surface area (Å²) in [6, 6.07) is 6.42. The van der Waals surface area contributed by atoms with Crippen molar-refractivity contribution in [2.45, 2.75) is 6.61 Å². The highest BCUT2D eigenvalue weighted by atomic mass is 32.1. The van der Waals surface area contributed by atoms with Gasteiger partial charge in [-0.2, -0.15) is 0 Å². The van der Waals surface area contributed by atoms with Crippen molar-refractivity contribution in [3.63, 3.8) is 0 Å². The van der Waals surface area contributed by atoms with Crippen molar-refractivity contribution in [1.82, 2.24) is 4.98 Å². The summed E-state index contributed by atoms with van der Waals surface area (Å²) in [6.07, 6.45) is 1.73. The van der Waals surface area contributed by atoms with Gasteiger partial charge in [0.15, 0.2) is 0 Å². The minimum atomic E-state index is -0.955. The van der Waals surface area contributed by atoms with E-state index in [1.807, 2.05) is 0 Å². The van der Waals surface area contributed by atoms with Gasteiger partial charge < -0.3 is 9.84 Å². The Kier molecular flexibility index (Phi) is 3.16. The van der Waals surface area contributed by atoms with Crippen molar-refractivity contribution in [3.8, 4) is 5.75 Å². The van der Waals surface area contributed by atoms with Crippen molar-refractivity contribution in [2.75, 3.05) is 0 Å². The number of hydrogen-bond donors (Lipinski definition) is 1. The lowest BCUT2D eigenvalue weighted by molar-refractivity contribution is 0.0696. The van der Waals surface area contributed by atoms with Gasteiger partial charge in [0, 0.05) is 6.20 Å². The standard InChI is InChI=1S/C11H9NO3S/c13-11(14)8-2-1-3-9(4-8)15-6-10-5-12-7-16-10/h1-5,7H,6H2,(H,13,14). The van der Waals surface area contributed by atoms with Gasteiger partial charge in [0.1, 0.15) is 12.4 Å². The maximum absolute atomic E-state index is 10.7. The Labute approximate surface area is 96.1 Å². The molecule has 1 N–H and O–H groups in total. The molecule has 0 spiro atoms. The fourth-order valence-electron chi connectivity index (χ4n) is 1.19. The molecule has 0 bridgehead atoms. The van der Waals surface area contributed by atoms with Gasteiger partial charge in [-0.05, 0) is 18.2 Å². The molecule has 0 fully saturated rings. The molecule has 1 aromatic carbocycles. The van der Waals surface area contributed by atoms with Crippen LogP contribution in [0.1, 0.15) is 15.2 Å². The first-order chi connectivity index (χ1) is 7.75. The second kappa shape index (κ2) is 4.76. The first kappa shape index (κ1) is 10.6. The third-order valence-corrected chi connectivity index (χ3v) is 2.70. The van der Waals surface area contributed by atoms with E-state index in [9.17, 15) is 4.79 Å². The Morgan fingerprint density at radius 3 is 3.06 bits per heavy atom. The van der Waals surface area contributed by atoms with Crippen LogP contribution in [0.2, 0.25) is 0 Å². The Balaban J connectivity index is 2.04. The summed E-state index contributed by atoms with van der Waals surface area (Å²) in [6.45, 7) is 0.410. The molecule has 0 radical (unpaired) electrons. The quantitative estimate of drug-likeness (QED) is 0.884. The predicted octanol–water partition coefficient (Wildman–Crippen LogP) is 2.42. The van der Waals surface area contributed by atoms with Gasteiger partial charge in [-0.25, -0.2) is 4.79 Å².